The molecule has 1 atom stereocenters. The van der Waals surface area contributed by atoms with Gasteiger partial charge in [0.15, 0.2) is 11.5 Å². The van der Waals surface area contributed by atoms with Crippen LogP contribution >= 0.6 is 0 Å². The van der Waals surface area contributed by atoms with Crippen LogP contribution in [-0.2, 0) is 11.2 Å². The fraction of sp³-hybridized carbons (Fsp3) is 0.533. The monoisotopic (exact) mass is 280 g/mol. The van der Waals surface area contributed by atoms with E-state index < -0.39 is 0 Å². The Morgan fingerprint density at radius 3 is 2.60 bits per heavy atom. The molecule has 0 saturated heterocycles. The van der Waals surface area contributed by atoms with E-state index in [-0.39, 0.29) is 29.7 Å². The highest BCUT2D eigenvalue weighted by Crippen LogP contribution is 2.27. The smallest absolute Gasteiger partial charge is 0.225 e. The fourth-order valence-corrected chi connectivity index (χ4v) is 1.89. The van der Waals surface area contributed by atoms with E-state index in [2.05, 4.69) is 5.32 Å². The molecule has 0 aliphatic carbocycles. The molecule has 0 spiro atoms. The van der Waals surface area contributed by atoms with Gasteiger partial charge in [0.1, 0.15) is 0 Å². The third kappa shape index (κ3) is 4.74. The van der Waals surface area contributed by atoms with E-state index in [0.29, 0.717) is 12.2 Å². The lowest BCUT2D eigenvalue weighted by Gasteiger charge is -2.24. The molecule has 4 N–H and O–H groups in total. The van der Waals surface area contributed by atoms with Gasteiger partial charge in [0.05, 0.1) is 13.0 Å². The van der Waals surface area contributed by atoms with Crippen LogP contribution in [0.4, 0.5) is 0 Å². The third-order valence-electron chi connectivity index (χ3n) is 2.88. The SMILES string of the molecule is COc1cc(CC(CN)C(=O)NC(C)(C)C)ccc1O. The number of phenolic OH excluding ortho intramolecular Hbond substituents is 1. The predicted molar refractivity (Wildman–Crippen MR) is 78.8 cm³/mol. The molecule has 0 saturated carbocycles. The Labute approximate surface area is 120 Å². The molecule has 20 heavy (non-hydrogen) atoms. The molecule has 5 heteroatoms. The summed E-state index contributed by atoms with van der Waals surface area (Å²) in [5.74, 6) is 0.115. The Morgan fingerprint density at radius 1 is 1.45 bits per heavy atom. The highest BCUT2D eigenvalue weighted by molar-refractivity contribution is 5.79. The number of hydrogen-bond acceptors (Lipinski definition) is 4. The molecule has 0 fully saturated rings. The first-order valence-corrected chi connectivity index (χ1v) is 6.65. The van der Waals surface area contributed by atoms with Gasteiger partial charge in [0, 0.05) is 12.1 Å². The normalized spacial score (nSPS) is 12.8. The van der Waals surface area contributed by atoms with Gasteiger partial charge in [-0.05, 0) is 44.9 Å². The van der Waals surface area contributed by atoms with Gasteiger partial charge in [-0.3, -0.25) is 4.79 Å². The number of methoxy groups -OCH3 is 1. The van der Waals surface area contributed by atoms with Crippen LogP contribution in [-0.4, -0.2) is 30.2 Å². The zero-order valence-corrected chi connectivity index (χ0v) is 12.6. The molecular weight excluding hydrogens is 256 g/mol. The van der Waals surface area contributed by atoms with Gasteiger partial charge in [-0.1, -0.05) is 6.07 Å². The fourth-order valence-electron chi connectivity index (χ4n) is 1.89. The van der Waals surface area contributed by atoms with Crippen LogP contribution in [0.1, 0.15) is 26.3 Å². The van der Waals surface area contributed by atoms with Crippen molar-refractivity contribution >= 4 is 5.91 Å². The molecule has 5 nitrogen and oxygen atoms in total. The number of nitrogens with two attached hydrogens (primary N) is 1. The molecule has 0 heterocycles. The van der Waals surface area contributed by atoms with Gasteiger partial charge in [0.25, 0.3) is 0 Å². The summed E-state index contributed by atoms with van der Waals surface area (Å²) >= 11 is 0. The highest BCUT2D eigenvalue weighted by Gasteiger charge is 2.22. The molecule has 1 unspecified atom stereocenters. The van der Waals surface area contributed by atoms with Crippen molar-refractivity contribution in [2.75, 3.05) is 13.7 Å². The van der Waals surface area contributed by atoms with Crippen LogP contribution in [0, 0.1) is 5.92 Å². The zero-order valence-electron chi connectivity index (χ0n) is 12.6. The molecule has 1 rings (SSSR count). The lowest BCUT2D eigenvalue weighted by molar-refractivity contribution is -0.126. The molecule has 1 aromatic carbocycles. The summed E-state index contributed by atoms with van der Waals surface area (Å²) in [5.41, 5.74) is 6.32. The van der Waals surface area contributed by atoms with Gasteiger partial charge in [-0.2, -0.15) is 0 Å². The molecule has 0 aliphatic heterocycles. The average molecular weight is 280 g/mol. The van der Waals surface area contributed by atoms with Crippen molar-refractivity contribution in [1.82, 2.24) is 5.32 Å². The van der Waals surface area contributed by atoms with Crippen LogP contribution < -0.4 is 15.8 Å². The molecule has 1 amide bonds. The van der Waals surface area contributed by atoms with Gasteiger partial charge < -0.3 is 20.9 Å². The molecular formula is C15H24N2O3. The summed E-state index contributed by atoms with van der Waals surface area (Å²) in [4.78, 5) is 12.1. The topological polar surface area (TPSA) is 84.6 Å². The Morgan fingerprint density at radius 2 is 2.10 bits per heavy atom. The minimum Gasteiger partial charge on any atom is -0.504 e. The van der Waals surface area contributed by atoms with E-state index >= 15 is 0 Å². The average Bonchev–Trinajstić information content (AvgIpc) is 2.35. The van der Waals surface area contributed by atoms with E-state index in [1.165, 1.54) is 7.11 Å². The minimum atomic E-state index is -0.302. The molecule has 0 bridgehead atoms. The predicted octanol–water partition coefficient (Wildman–Crippen LogP) is 1.43. The van der Waals surface area contributed by atoms with Crippen LogP contribution in [0.3, 0.4) is 0 Å². The number of hydrogen-bond donors (Lipinski definition) is 3. The van der Waals surface area contributed by atoms with Crippen molar-refractivity contribution < 1.29 is 14.6 Å². The van der Waals surface area contributed by atoms with Crippen molar-refractivity contribution in [2.45, 2.75) is 32.7 Å². The maximum atomic E-state index is 12.1. The van der Waals surface area contributed by atoms with Gasteiger partial charge in [-0.15, -0.1) is 0 Å². The standard InChI is InChI=1S/C15H24N2O3/c1-15(2,3)17-14(19)11(9-16)7-10-5-6-12(18)13(8-10)20-4/h5-6,8,11,18H,7,9,16H2,1-4H3,(H,17,19). The summed E-state index contributed by atoms with van der Waals surface area (Å²) < 4.78 is 5.06. The Bertz CT molecular complexity index is 467. The van der Waals surface area contributed by atoms with E-state index in [9.17, 15) is 9.90 Å². The summed E-state index contributed by atoms with van der Waals surface area (Å²) in [6.45, 7) is 6.07. The van der Waals surface area contributed by atoms with Crippen molar-refractivity contribution in [3.63, 3.8) is 0 Å². The van der Waals surface area contributed by atoms with Crippen LogP contribution in [0.5, 0.6) is 11.5 Å². The minimum absolute atomic E-state index is 0.0629. The third-order valence-corrected chi connectivity index (χ3v) is 2.88. The second kappa shape index (κ2) is 6.61. The van der Waals surface area contributed by atoms with Crippen LogP contribution in [0.25, 0.3) is 0 Å². The Kier molecular flexibility index (Phi) is 5.39. The van der Waals surface area contributed by atoms with Crippen molar-refractivity contribution in [2.24, 2.45) is 11.7 Å². The number of carbonyl (C=O) groups is 1. The summed E-state index contributed by atoms with van der Waals surface area (Å²) in [6.07, 6.45) is 0.509. The van der Waals surface area contributed by atoms with E-state index in [1.807, 2.05) is 20.8 Å². The number of amides is 1. The molecule has 0 aromatic heterocycles. The number of benzene rings is 1. The van der Waals surface area contributed by atoms with Crippen LogP contribution in [0.15, 0.2) is 18.2 Å². The molecule has 1 aromatic rings. The first-order chi connectivity index (χ1) is 9.26. The zero-order chi connectivity index (χ0) is 15.3. The number of carbonyl (C=O) groups excluding carboxylic acids is 1. The second-order valence-corrected chi connectivity index (χ2v) is 5.88. The number of nitrogens with one attached hydrogen (secondary N) is 1. The summed E-state index contributed by atoms with van der Waals surface area (Å²) in [5, 5.41) is 12.5. The summed E-state index contributed by atoms with van der Waals surface area (Å²) in [7, 11) is 1.49. The lowest BCUT2D eigenvalue weighted by Crippen LogP contribution is -2.46. The van der Waals surface area contributed by atoms with Gasteiger partial charge in [0.2, 0.25) is 5.91 Å². The second-order valence-electron chi connectivity index (χ2n) is 5.88. The lowest BCUT2D eigenvalue weighted by atomic mass is 9.96. The highest BCUT2D eigenvalue weighted by atomic mass is 16.5. The largest absolute Gasteiger partial charge is 0.504 e. The van der Waals surface area contributed by atoms with E-state index in [4.69, 9.17) is 10.5 Å². The molecule has 112 valence electrons. The van der Waals surface area contributed by atoms with Gasteiger partial charge in [-0.25, -0.2) is 0 Å². The summed E-state index contributed by atoms with van der Waals surface area (Å²) in [6, 6.07) is 5.05. The number of phenols is 1. The van der Waals surface area contributed by atoms with Crippen molar-refractivity contribution in [1.29, 1.82) is 0 Å². The van der Waals surface area contributed by atoms with Crippen molar-refractivity contribution in [3.8, 4) is 11.5 Å². The molecule has 0 radical (unpaired) electrons. The van der Waals surface area contributed by atoms with Crippen LogP contribution in [0.2, 0.25) is 0 Å². The number of aromatic hydroxyl groups is 1. The molecule has 0 aliphatic rings. The first-order valence-electron chi connectivity index (χ1n) is 6.65. The first kappa shape index (κ1) is 16.3. The number of rotatable bonds is 5. The maximum absolute atomic E-state index is 12.1. The Balaban J connectivity index is 2.80. The maximum Gasteiger partial charge on any atom is 0.225 e. The van der Waals surface area contributed by atoms with E-state index in [0.717, 1.165) is 5.56 Å². The van der Waals surface area contributed by atoms with Gasteiger partial charge >= 0.3 is 0 Å². The Hall–Kier alpha value is -1.75. The number of ether oxygens (including phenoxy) is 1. The van der Waals surface area contributed by atoms with Crippen molar-refractivity contribution in [3.05, 3.63) is 23.8 Å². The van der Waals surface area contributed by atoms with E-state index in [1.54, 1.807) is 18.2 Å². The quantitative estimate of drug-likeness (QED) is 0.762.